The Bertz CT molecular complexity index is 929. The monoisotopic (exact) mass is 360 g/mol. The van der Waals surface area contributed by atoms with E-state index >= 15 is 0 Å². The van der Waals surface area contributed by atoms with Crippen LogP contribution in [0.25, 0.3) is 11.4 Å². The molecule has 0 fully saturated rings. The molecule has 9 nitrogen and oxygen atoms in total. The number of aromatic nitrogens is 3. The minimum Gasteiger partial charge on any atom is -0.452 e. The van der Waals surface area contributed by atoms with Crippen molar-refractivity contribution in [3.8, 4) is 11.4 Å². The number of non-ortho nitro benzene ring substituents is 1. The standard InChI is InChI=1S/C15H9ClN4O5/c16-12-6-10(20(22)23)3-4-11(12)15(21)24-8-13-18-14(19-25-13)9-2-1-5-17-7-9/h1-7H,8H2. The van der Waals surface area contributed by atoms with E-state index in [2.05, 4.69) is 15.1 Å². The molecule has 0 atom stereocenters. The maximum Gasteiger partial charge on any atom is 0.340 e. The predicted molar refractivity (Wildman–Crippen MR) is 84.8 cm³/mol. The first-order valence-electron chi connectivity index (χ1n) is 6.88. The second-order valence-electron chi connectivity index (χ2n) is 4.75. The summed E-state index contributed by atoms with van der Waals surface area (Å²) in [6.45, 7) is -0.264. The summed E-state index contributed by atoms with van der Waals surface area (Å²) < 4.78 is 10.0. The van der Waals surface area contributed by atoms with E-state index in [0.29, 0.717) is 11.4 Å². The molecular weight excluding hydrogens is 352 g/mol. The van der Waals surface area contributed by atoms with Crippen molar-refractivity contribution < 1.29 is 19.0 Å². The molecule has 3 aromatic rings. The average Bonchev–Trinajstić information content (AvgIpc) is 3.09. The van der Waals surface area contributed by atoms with Crippen LogP contribution in [-0.4, -0.2) is 26.0 Å². The van der Waals surface area contributed by atoms with E-state index in [1.807, 2.05) is 0 Å². The zero-order valence-corrected chi connectivity index (χ0v) is 13.2. The van der Waals surface area contributed by atoms with Crippen molar-refractivity contribution in [3.05, 3.63) is 69.3 Å². The SMILES string of the molecule is O=C(OCc1nc(-c2cccnc2)no1)c1ccc([N+](=O)[O-])cc1Cl. The van der Waals surface area contributed by atoms with Crippen LogP contribution in [0.5, 0.6) is 0 Å². The van der Waals surface area contributed by atoms with Crippen LogP contribution in [0, 0.1) is 10.1 Å². The van der Waals surface area contributed by atoms with Crippen LogP contribution in [0.4, 0.5) is 5.69 Å². The topological polar surface area (TPSA) is 121 Å². The lowest BCUT2D eigenvalue weighted by molar-refractivity contribution is -0.384. The Morgan fingerprint density at radius 1 is 1.36 bits per heavy atom. The highest BCUT2D eigenvalue weighted by Gasteiger charge is 2.17. The quantitative estimate of drug-likeness (QED) is 0.386. The van der Waals surface area contributed by atoms with Crippen molar-refractivity contribution in [2.75, 3.05) is 0 Å². The van der Waals surface area contributed by atoms with Gasteiger partial charge in [-0.25, -0.2) is 4.79 Å². The summed E-state index contributed by atoms with van der Waals surface area (Å²) in [6.07, 6.45) is 3.18. The molecule has 0 radical (unpaired) electrons. The summed E-state index contributed by atoms with van der Waals surface area (Å²) in [5.41, 5.74) is 0.432. The fraction of sp³-hybridized carbons (Fsp3) is 0.0667. The van der Waals surface area contributed by atoms with Crippen molar-refractivity contribution >= 4 is 23.3 Å². The highest BCUT2D eigenvalue weighted by atomic mass is 35.5. The van der Waals surface area contributed by atoms with Gasteiger partial charge in [-0.15, -0.1) is 0 Å². The van der Waals surface area contributed by atoms with E-state index in [1.165, 1.54) is 6.07 Å². The molecule has 1 aromatic carbocycles. The molecule has 0 aliphatic carbocycles. The maximum absolute atomic E-state index is 12.0. The zero-order chi connectivity index (χ0) is 17.8. The Kier molecular flexibility index (Phi) is 4.66. The first-order chi connectivity index (χ1) is 12.0. The second-order valence-corrected chi connectivity index (χ2v) is 5.16. The number of esters is 1. The fourth-order valence-electron chi connectivity index (χ4n) is 1.91. The van der Waals surface area contributed by atoms with Gasteiger partial charge in [0.1, 0.15) is 0 Å². The molecule has 3 rings (SSSR count). The third-order valence-corrected chi connectivity index (χ3v) is 3.41. The number of carbonyl (C=O) groups is 1. The molecule has 0 aliphatic rings. The molecule has 0 aliphatic heterocycles. The lowest BCUT2D eigenvalue weighted by Crippen LogP contribution is -2.06. The first-order valence-corrected chi connectivity index (χ1v) is 7.26. The van der Waals surface area contributed by atoms with Crippen LogP contribution < -0.4 is 0 Å². The number of hydrogen-bond acceptors (Lipinski definition) is 8. The number of nitro benzene ring substituents is 1. The summed E-state index contributed by atoms with van der Waals surface area (Å²) in [4.78, 5) is 30.1. The molecule has 25 heavy (non-hydrogen) atoms. The molecule has 0 saturated heterocycles. The highest BCUT2D eigenvalue weighted by Crippen LogP contribution is 2.23. The number of nitro groups is 1. The molecule has 0 amide bonds. The summed E-state index contributed by atoms with van der Waals surface area (Å²) in [6, 6.07) is 6.94. The lowest BCUT2D eigenvalue weighted by atomic mass is 10.2. The number of benzene rings is 1. The summed E-state index contributed by atoms with van der Waals surface area (Å²) in [7, 11) is 0. The molecular formula is C15H9ClN4O5. The van der Waals surface area contributed by atoms with Gasteiger partial charge in [0.05, 0.1) is 15.5 Å². The molecule has 2 aromatic heterocycles. The number of pyridine rings is 1. The van der Waals surface area contributed by atoms with Gasteiger partial charge in [0.2, 0.25) is 5.82 Å². The van der Waals surface area contributed by atoms with Gasteiger partial charge in [-0.3, -0.25) is 15.1 Å². The van der Waals surface area contributed by atoms with Crippen molar-refractivity contribution in [1.29, 1.82) is 0 Å². The van der Waals surface area contributed by atoms with E-state index in [9.17, 15) is 14.9 Å². The lowest BCUT2D eigenvalue weighted by Gasteiger charge is -2.03. The molecule has 0 saturated carbocycles. The maximum atomic E-state index is 12.0. The number of rotatable bonds is 5. The van der Waals surface area contributed by atoms with E-state index in [1.54, 1.807) is 24.5 Å². The van der Waals surface area contributed by atoms with Crippen LogP contribution in [0.15, 0.2) is 47.2 Å². The van der Waals surface area contributed by atoms with Crippen molar-refractivity contribution in [3.63, 3.8) is 0 Å². The van der Waals surface area contributed by atoms with E-state index in [-0.39, 0.29) is 28.8 Å². The Hall–Kier alpha value is -3.33. The molecule has 10 heteroatoms. The highest BCUT2D eigenvalue weighted by molar-refractivity contribution is 6.33. The number of carbonyl (C=O) groups excluding carboxylic acids is 1. The molecule has 2 heterocycles. The molecule has 0 spiro atoms. The average molecular weight is 361 g/mol. The van der Waals surface area contributed by atoms with Crippen LogP contribution in [-0.2, 0) is 11.3 Å². The van der Waals surface area contributed by atoms with E-state index in [4.69, 9.17) is 20.9 Å². The van der Waals surface area contributed by atoms with Gasteiger partial charge < -0.3 is 9.26 Å². The number of nitrogens with zero attached hydrogens (tertiary/aromatic N) is 4. The smallest absolute Gasteiger partial charge is 0.340 e. The van der Waals surface area contributed by atoms with Crippen LogP contribution in [0.3, 0.4) is 0 Å². The number of hydrogen-bond donors (Lipinski definition) is 0. The Labute approximate surface area is 145 Å². The van der Waals surface area contributed by atoms with Gasteiger partial charge in [-0.1, -0.05) is 16.8 Å². The van der Waals surface area contributed by atoms with E-state index in [0.717, 1.165) is 12.1 Å². The largest absolute Gasteiger partial charge is 0.452 e. The van der Waals surface area contributed by atoms with Crippen LogP contribution >= 0.6 is 11.6 Å². The van der Waals surface area contributed by atoms with Crippen molar-refractivity contribution in [2.45, 2.75) is 6.61 Å². The molecule has 0 N–H and O–H groups in total. The fourth-order valence-corrected chi connectivity index (χ4v) is 2.17. The van der Waals surface area contributed by atoms with E-state index < -0.39 is 10.9 Å². The van der Waals surface area contributed by atoms with Gasteiger partial charge in [0.25, 0.3) is 11.6 Å². The Morgan fingerprint density at radius 2 is 2.20 bits per heavy atom. The minimum absolute atomic E-state index is 0.000681. The zero-order valence-electron chi connectivity index (χ0n) is 12.5. The Morgan fingerprint density at radius 3 is 2.88 bits per heavy atom. The number of ether oxygens (including phenoxy) is 1. The van der Waals surface area contributed by atoms with Gasteiger partial charge in [-0.2, -0.15) is 4.98 Å². The van der Waals surface area contributed by atoms with Gasteiger partial charge in [-0.05, 0) is 18.2 Å². The third-order valence-electron chi connectivity index (χ3n) is 3.10. The van der Waals surface area contributed by atoms with Gasteiger partial charge in [0.15, 0.2) is 6.61 Å². The molecule has 126 valence electrons. The first kappa shape index (κ1) is 16.5. The van der Waals surface area contributed by atoms with Gasteiger partial charge >= 0.3 is 5.97 Å². The predicted octanol–water partition coefficient (Wildman–Crippen LogP) is 3.05. The summed E-state index contributed by atoms with van der Waals surface area (Å²) in [5, 5.41) is 14.3. The summed E-state index contributed by atoms with van der Waals surface area (Å²) in [5.74, 6) is -0.362. The van der Waals surface area contributed by atoms with Crippen molar-refractivity contribution in [2.24, 2.45) is 0 Å². The summed E-state index contributed by atoms with van der Waals surface area (Å²) >= 11 is 5.87. The normalized spacial score (nSPS) is 10.4. The molecule has 0 unspecified atom stereocenters. The van der Waals surface area contributed by atoms with Crippen LogP contribution in [0.2, 0.25) is 5.02 Å². The Balaban J connectivity index is 1.67. The minimum atomic E-state index is -0.763. The van der Waals surface area contributed by atoms with Gasteiger partial charge in [0, 0.05) is 30.1 Å². The number of halogens is 1. The third kappa shape index (κ3) is 3.78. The van der Waals surface area contributed by atoms with Crippen molar-refractivity contribution in [1.82, 2.24) is 15.1 Å². The van der Waals surface area contributed by atoms with Crippen LogP contribution in [0.1, 0.15) is 16.2 Å². The second kappa shape index (κ2) is 7.05. The molecule has 0 bridgehead atoms.